The molecule has 2 atom stereocenters. The first-order chi connectivity index (χ1) is 14.6. The van der Waals surface area contributed by atoms with E-state index in [1.54, 1.807) is 24.3 Å². The molecule has 2 aliphatic rings. The van der Waals surface area contributed by atoms with Crippen LogP contribution in [0.25, 0.3) is 10.9 Å². The molecule has 1 saturated heterocycles. The lowest BCUT2D eigenvalue weighted by Crippen LogP contribution is -2.34. The monoisotopic (exact) mass is 403 g/mol. The number of carbonyl (C=O) groups is 2. The summed E-state index contributed by atoms with van der Waals surface area (Å²) in [6, 6.07) is 12.5. The quantitative estimate of drug-likeness (QED) is 0.648. The second kappa shape index (κ2) is 6.64. The van der Waals surface area contributed by atoms with Gasteiger partial charge in [-0.3, -0.25) is 9.59 Å². The molecule has 0 bridgehead atoms. The van der Waals surface area contributed by atoms with Gasteiger partial charge in [-0.1, -0.05) is 30.3 Å². The molecule has 0 amide bonds. The van der Waals surface area contributed by atoms with Gasteiger partial charge in [0.2, 0.25) is 5.78 Å². The molecule has 8 nitrogen and oxygen atoms in total. The van der Waals surface area contributed by atoms with Gasteiger partial charge in [-0.2, -0.15) is 0 Å². The Balaban J connectivity index is 1.52. The summed E-state index contributed by atoms with van der Waals surface area (Å²) in [5, 5.41) is 3.60. The zero-order chi connectivity index (χ0) is 20.9. The van der Waals surface area contributed by atoms with E-state index < -0.39 is 11.7 Å². The molecule has 5 rings (SSSR count). The summed E-state index contributed by atoms with van der Waals surface area (Å²) in [5.74, 6) is 0.818. The predicted molar refractivity (Wildman–Crippen MR) is 107 cm³/mol. The average Bonchev–Trinajstić information content (AvgIpc) is 3.55. The van der Waals surface area contributed by atoms with Crippen LogP contribution in [0.4, 0.5) is 5.82 Å². The minimum absolute atomic E-state index is 0.129. The fourth-order valence-corrected chi connectivity index (χ4v) is 3.78. The fourth-order valence-electron chi connectivity index (χ4n) is 3.78. The van der Waals surface area contributed by atoms with Crippen LogP contribution in [0.15, 0.2) is 60.6 Å². The van der Waals surface area contributed by atoms with Gasteiger partial charge in [-0.25, -0.2) is 9.97 Å². The highest BCUT2D eigenvalue weighted by molar-refractivity contribution is 6.19. The summed E-state index contributed by atoms with van der Waals surface area (Å²) in [6.45, 7) is 0. The van der Waals surface area contributed by atoms with Crippen molar-refractivity contribution in [2.45, 2.75) is 11.7 Å². The van der Waals surface area contributed by atoms with Gasteiger partial charge >= 0.3 is 0 Å². The highest BCUT2D eigenvalue weighted by Gasteiger charge is 2.68. The van der Waals surface area contributed by atoms with Crippen molar-refractivity contribution in [1.29, 1.82) is 0 Å². The molecule has 1 fully saturated rings. The lowest BCUT2D eigenvalue weighted by molar-refractivity contribution is -0.122. The van der Waals surface area contributed by atoms with E-state index in [9.17, 15) is 9.59 Å². The predicted octanol–water partition coefficient (Wildman–Crippen LogP) is 2.39. The van der Waals surface area contributed by atoms with Gasteiger partial charge in [0, 0.05) is 17.5 Å². The van der Waals surface area contributed by atoms with Gasteiger partial charge in [0.05, 0.1) is 25.4 Å². The van der Waals surface area contributed by atoms with Gasteiger partial charge < -0.3 is 19.5 Å². The Morgan fingerprint density at radius 3 is 2.50 bits per heavy atom. The number of epoxide rings is 1. The zero-order valence-electron chi connectivity index (χ0n) is 16.2. The highest BCUT2D eigenvalue weighted by Crippen LogP contribution is 2.51. The second-order valence-electron chi connectivity index (χ2n) is 6.96. The Morgan fingerprint density at radius 2 is 1.77 bits per heavy atom. The molecule has 0 spiro atoms. The Bertz CT molecular complexity index is 1220. The Hall–Kier alpha value is -3.78. The molecule has 0 radical (unpaired) electrons. The number of ketones is 2. The number of fused-ring (bicyclic) bond motifs is 2. The molecule has 1 aliphatic heterocycles. The van der Waals surface area contributed by atoms with Gasteiger partial charge in [-0.05, 0) is 11.6 Å². The highest BCUT2D eigenvalue weighted by atomic mass is 16.6. The number of methoxy groups -OCH3 is 2. The first kappa shape index (κ1) is 18.3. The number of hydrogen-bond acceptors (Lipinski definition) is 8. The number of nitrogens with one attached hydrogen (secondary N) is 1. The minimum Gasteiger partial charge on any atom is -0.493 e. The van der Waals surface area contributed by atoms with Gasteiger partial charge in [0.1, 0.15) is 12.1 Å². The summed E-state index contributed by atoms with van der Waals surface area (Å²) in [4.78, 5) is 34.3. The molecule has 0 saturated carbocycles. The van der Waals surface area contributed by atoms with E-state index in [4.69, 9.17) is 14.2 Å². The number of ether oxygens (including phenoxy) is 3. The number of rotatable bonds is 5. The smallest absolute Gasteiger partial charge is 0.211 e. The Labute approximate surface area is 171 Å². The van der Waals surface area contributed by atoms with Crippen LogP contribution < -0.4 is 14.8 Å². The Morgan fingerprint density at radius 1 is 1.03 bits per heavy atom. The number of nitrogens with zero attached hydrogens (tertiary/aromatic N) is 2. The van der Waals surface area contributed by atoms with Crippen molar-refractivity contribution in [3.05, 3.63) is 66.1 Å². The summed E-state index contributed by atoms with van der Waals surface area (Å²) in [5.41, 5.74) is 0.187. The van der Waals surface area contributed by atoms with Crippen LogP contribution in [0.2, 0.25) is 0 Å². The first-order valence-corrected chi connectivity index (χ1v) is 9.26. The molecule has 30 heavy (non-hydrogen) atoms. The van der Waals surface area contributed by atoms with Crippen molar-refractivity contribution in [2.75, 3.05) is 19.5 Å². The third kappa shape index (κ3) is 2.57. The maximum atomic E-state index is 13.0. The molecular weight excluding hydrogens is 386 g/mol. The van der Waals surface area contributed by atoms with E-state index in [1.807, 2.05) is 18.2 Å². The van der Waals surface area contributed by atoms with E-state index in [0.717, 1.165) is 0 Å². The van der Waals surface area contributed by atoms with Crippen LogP contribution in [0, 0.1) is 0 Å². The second-order valence-corrected chi connectivity index (χ2v) is 6.96. The molecule has 1 N–H and O–H groups in total. The molecule has 2 heterocycles. The summed E-state index contributed by atoms with van der Waals surface area (Å²) in [7, 11) is 3.07. The van der Waals surface area contributed by atoms with E-state index in [1.165, 1.54) is 26.6 Å². The molecule has 8 heteroatoms. The summed E-state index contributed by atoms with van der Waals surface area (Å²) < 4.78 is 16.3. The van der Waals surface area contributed by atoms with Crippen LogP contribution in [0.1, 0.15) is 5.56 Å². The molecule has 1 aliphatic carbocycles. The van der Waals surface area contributed by atoms with Crippen molar-refractivity contribution >= 4 is 28.3 Å². The maximum absolute atomic E-state index is 13.0. The third-order valence-corrected chi connectivity index (χ3v) is 5.36. The number of Topliss-reactive ketones (excluding diaryl/α,β-unsaturated/α-hetero) is 1. The number of carbonyl (C=O) groups excluding carboxylic acids is 2. The minimum atomic E-state index is -1.21. The number of hydrogen-bond donors (Lipinski definition) is 1. The zero-order valence-corrected chi connectivity index (χ0v) is 16.2. The molecule has 2 aromatic carbocycles. The van der Waals surface area contributed by atoms with E-state index >= 15 is 0 Å². The van der Waals surface area contributed by atoms with Gasteiger partial charge in [0.25, 0.3) is 0 Å². The van der Waals surface area contributed by atoms with Gasteiger partial charge in [-0.15, -0.1) is 0 Å². The third-order valence-electron chi connectivity index (χ3n) is 5.36. The standard InChI is InChI=1S/C22H17N3O5/c1-28-16-8-13-14(9-17(16)29-2)23-11-24-21(13)25-15-10-18(26)22(20(30-22)19(15)27)12-6-4-3-5-7-12/h3-11,20H,1-2H3,(H,23,24,25). The largest absolute Gasteiger partial charge is 0.493 e. The SMILES string of the molecule is COc1cc2ncnc(NC3=CC(=O)C4(c5ccccc5)OC4C3=O)c2cc1OC. The van der Waals surface area contributed by atoms with Crippen molar-refractivity contribution in [3.63, 3.8) is 0 Å². The maximum Gasteiger partial charge on any atom is 0.211 e. The van der Waals surface area contributed by atoms with Gasteiger partial charge in [0.15, 0.2) is 29.0 Å². The number of benzene rings is 2. The average molecular weight is 403 g/mol. The van der Waals surface area contributed by atoms with E-state index in [-0.39, 0.29) is 17.3 Å². The first-order valence-electron chi connectivity index (χ1n) is 9.26. The van der Waals surface area contributed by atoms with Crippen molar-refractivity contribution in [3.8, 4) is 11.5 Å². The van der Waals surface area contributed by atoms with Crippen molar-refractivity contribution in [1.82, 2.24) is 9.97 Å². The number of aromatic nitrogens is 2. The Kier molecular flexibility index (Phi) is 4.04. The lowest BCUT2D eigenvalue weighted by Gasteiger charge is -2.17. The van der Waals surface area contributed by atoms with Crippen LogP contribution in [-0.2, 0) is 19.9 Å². The topological polar surface area (TPSA) is 103 Å². The normalized spacial score (nSPS) is 22.3. The van der Waals surface area contributed by atoms with Crippen molar-refractivity contribution in [2.24, 2.45) is 0 Å². The van der Waals surface area contributed by atoms with Crippen LogP contribution in [-0.4, -0.2) is 41.9 Å². The molecule has 150 valence electrons. The molecule has 2 unspecified atom stereocenters. The van der Waals surface area contributed by atoms with Crippen LogP contribution in [0.3, 0.4) is 0 Å². The lowest BCUT2D eigenvalue weighted by atomic mass is 9.84. The van der Waals surface area contributed by atoms with E-state index in [2.05, 4.69) is 15.3 Å². The molecule has 1 aromatic heterocycles. The van der Waals surface area contributed by atoms with Crippen LogP contribution in [0.5, 0.6) is 11.5 Å². The summed E-state index contributed by atoms with van der Waals surface area (Å²) >= 11 is 0. The van der Waals surface area contributed by atoms with E-state index in [0.29, 0.717) is 33.8 Å². The number of anilines is 1. The fraction of sp³-hybridized carbons (Fsp3) is 0.182. The van der Waals surface area contributed by atoms with Crippen molar-refractivity contribution < 1.29 is 23.8 Å². The molecular formula is C22H17N3O5. The van der Waals surface area contributed by atoms with Crippen LogP contribution >= 0.6 is 0 Å². The molecule has 3 aromatic rings. The summed E-state index contributed by atoms with van der Waals surface area (Å²) in [6.07, 6.45) is 1.81.